The van der Waals surface area contributed by atoms with Crippen LogP contribution in [0.4, 0.5) is 4.39 Å². The van der Waals surface area contributed by atoms with Gasteiger partial charge in [-0.2, -0.15) is 0 Å². The minimum atomic E-state index is -0.193. The summed E-state index contributed by atoms with van der Waals surface area (Å²) in [5.74, 6) is -0.193. The van der Waals surface area contributed by atoms with Gasteiger partial charge in [-0.15, -0.1) is 0 Å². The molecule has 0 spiro atoms. The van der Waals surface area contributed by atoms with Gasteiger partial charge in [0.05, 0.1) is 0 Å². The van der Waals surface area contributed by atoms with Crippen molar-refractivity contribution in [2.45, 2.75) is 32.2 Å². The molecule has 1 atom stereocenters. The molecule has 0 amide bonds. The number of likely N-dealkylation sites (tertiary alicyclic amines) is 1. The minimum absolute atomic E-state index is 0.193. The first-order valence-corrected chi connectivity index (χ1v) is 8.81. The van der Waals surface area contributed by atoms with E-state index in [9.17, 15) is 4.39 Å². The summed E-state index contributed by atoms with van der Waals surface area (Å²) in [4.78, 5) is 6.10. The molecule has 4 rings (SSSR count). The maximum atomic E-state index is 13.4. The number of hydrogen-bond donors (Lipinski definition) is 1. The van der Waals surface area contributed by atoms with Gasteiger partial charge in [-0.25, -0.2) is 4.39 Å². The van der Waals surface area contributed by atoms with Crippen LogP contribution in [-0.2, 0) is 6.42 Å². The van der Waals surface area contributed by atoms with Crippen LogP contribution >= 0.6 is 0 Å². The Bertz CT molecular complexity index is 852. The maximum absolute atomic E-state index is 13.4. The summed E-state index contributed by atoms with van der Waals surface area (Å²) < 4.78 is 13.4. The molecule has 0 bridgehead atoms. The lowest BCUT2D eigenvalue weighted by Gasteiger charge is -2.20. The number of H-pyrrole nitrogens is 1. The summed E-state index contributed by atoms with van der Waals surface area (Å²) >= 11 is 0. The lowest BCUT2D eigenvalue weighted by molar-refractivity contribution is 0.271. The fourth-order valence-electron chi connectivity index (χ4n) is 3.76. The molecule has 2 aromatic carbocycles. The lowest BCUT2D eigenvalue weighted by atomic mass is 10.0. The number of hydrogen-bond acceptors (Lipinski definition) is 1. The average Bonchev–Trinajstić information content (AvgIpc) is 3.17. The highest BCUT2D eigenvalue weighted by atomic mass is 19.1. The summed E-state index contributed by atoms with van der Waals surface area (Å²) in [6.45, 7) is 4.67. The Morgan fingerprint density at radius 1 is 1.12 bits per heavy atom. The SMILES string of the molecule is C[C@@H]1CCCN1CCc1cc2cc(-c3cccc(F)c3)ccc2[nH]1. The number of rotatable bonds is 4. The smallest absolute Gasteiger partial charge is 0.123 e. The normalized spacial score (nSPS) is 18.5. The molecule has 1 N–H and O–H groups in total. The van der Waals surface area contributed by atoms with Gasteiger partial charge in [0.15, 0.2) is 0 Å². The quantitative estimate of drug-likeness (QED) is 0.716. The first-order valence-electron chi connectivity index (χ1n) is 8.81. The molecule has 1 aliphatic rings. The van der Waals surface area contributed by atoms with Crippen LogP contribution in [0.2, 0.25) is 0 Å². The largest absolute Gasteiger partial charge is 0.358 e. The van der Waals surface area contributed by atoms with E-state index in [2.05, 4.69) is 41.1 Å². The van der Waals surface area contributed by atoms with Crippen LogP contribution in [-0.4, -0.2) is 29.0 Å². The van der Waals surface area contributed by atoms with E-state index in [1.165, 1.54) is 36.5 Å². The molecular formula is C21H23FN2. The van der Waals surface area contributed by atoms with Crippen molar-refractivity contribution >= 4 is 10.9 Å². The Morgan fingerprint density at radius 2 is 2.00 bits per heavy atom. The van der Waals surface area contributed by atoms with Crippen LogP contribution in [0.1, 0.15) is 25.5 Å². The average molecular weight is 322 g/mol. The number of halogens is 1. The Hall–Kier alpha value is -2.13. The van der Waals surface area contributed by atoms with E-state index in [0.29, 0.717) is 6.04 Å². The van der Waals surface area contributed by atoms with Crippen LogP contribution in [0.15, 0.2) is 48.5 Å². The Morgan fingerprint density at radius 3 is 2.79 bits per heavy atom. The van der Waals surface area contributed by atoms with Gasteiger partial charge in [0, 0.05) is 35.6 Å². The van der Waals surface area contributed by atoms with Crippen molar-refractivity contribution in [1.82, 2.24) is 9.88 Å². The van der Waals surface area contributed by atoms with E-state index in [4.69, 9.17) is 0 Å². The van der Waals surface area contributed by atoms with Gasteiger partial charge in [-0.3, -0.25) is 0 Å². The van der Waals surface area contributed by atoms with Crippen LogP contribution in [0, 0.1) is 5.82 Å². The Balaban J connectivity index is 1.55. The zero-order chi connectivity index (χ0) is 16.5. The van der Waals surface area contributed by atoms with Crippen LogP contribution < -0.4 is 0 Å². The van der Waals surface area contributed by atoms with E-state index in [1.54, 1.807) is 12.1 Å². The number of fused-ring (bicyclic) bond motifs is 1. The number of aromatic nitrogens is 1. The number of aromatic amines is 1. The van der Waals surface area contributed by atoms with Gasteiger partial charge >= 0.3 is 0 Å². The van der Waals surface area contributed by atoms with Crippen LogP contribution in [0.25, 0.3) is 22.0 Å². The van der Waals surface area contributed by atoms with Crippen molar-refractivity contribution in [3.8, 4) is 11.1 Å². The molecule has 124 valence electrons. The van der Waals surface area contributed by atoms with Crippen molar-refractivity contribution < 1.29 is 4.39 Å². The summed E-state index contributed by atoms with van der Waals surface area (Å²) in [5.41, 5.74) is 4.41. The van der Waals surface area contributed by atoms with Gasteiger partial charge < -0.3 is 9.88 Å². The first-order chi connectivity index (χ1) is 11.7. The predicted octanol–water partition coefficient (Wildman–Crippen LogP) is 5.00. The molecule has 1 saturated heterocycles. The fraction of sp³-hybridized carbons (Fsp3) is 0.333. The molecule has 0 aliphatic carbocycles. The highest BCUT2D eigenvalue weighted by Crippen LogP contribution is 2.26. The standard InChI is InChI=1S/C21H23FN2/c1-15-4-3-10-24(15)11-9-20-14-18-12-17(7-8-21(18)23-20)16-5-2-6-19(22)13-16/h2,5-8,12-15,23H,3-4,9-11H2,1H3/t15-/m1/s1. The second-order valence-corrected chi connectivity index (χ2v) is 6.88. The summed E-state index contributed by atoms with van der Waals surface area (Å²) in [6, 6.07) is 16.0. The van der Waals surface area contributed by atoms with Crippen molar-refractivity contribution in [3.05, 3.63) is 60.0 Å². The zero-order valence-corrected chi connectivity index (χ0v) is 14.1. The molecule has 3 heteroatoms. The molecule has 2 nitrogen and oxygen atoms in total. The molecule has 0 unspecified atom stereocenters. The summed E-state index contributed by atoms with van der Waals surface area (Å²) in [6.07, 6.45) is 3.70. The van der Waals surface area contributed by atoms with Gasteiger partial charge in [0.1, 0.15) is 5.82 Å². The van der Waals surface area contributed by atoms with Crippen molar-refractivity contribution in [3.63, 3.8) is 0 Å². The third-order valence-electron chi connectivity index (χ3n) is 5.19. The van der Waals surface area contributed by atoms with Gasteiger partial charge in [0.25, 0.3) is 0 Å². The van der Waals surface area contributed by atoms with Gasteiger partial charge in [-0.1, -0.05) is 18.2 Å². The third-order valence-corrected chi connectivity index (χ3v) is 5.19. The number of nitrogens with zero attached hydrogens (tertiary/aromatic N) is 1. The second kappa shape index (κ2) is 6.40. The van der Waals surface area contributed by atoms with Crippen LogP contribution in [0.5, 0.6) is 0 Å². The fourth-order valence-corrected chi connectivity index (χ4v) is 3.76. The second-order valence-electron chi connectivity index (χ2n) is 6.88. The Kier molecular flexibility index (Phi) is 4.11. The van der Waals surface area contributed by atoms with Crippen molar-refractivity contribution in [2.24, 2.45) is 0 Å². The molecule has 1 fully saturated rings. The number of benzene rings is 2. The zero-order valence-electron chi connectivity index (χ0n) is 14.1. The van der Waals surface area contributed by atoms with E-state index in [1.807, 2.05) is 6.07 Å². The first kappa shape index (κ1) is 15.4. The molecule has 1 aliphatic heterocycles. The van der Waals surface area contributed by atoms with E-state index >= 15 is 0 Å². The van der Waals surface area contributed by atoms with Crippen LogP contribution in [0.3, 0.4) is 0 Å². The molecule has 1 aromatic heterocycles. The minimum Gasteiger partial charge on any atom is -0.358 e. The number of nitrogens with one attached hydrogen (secondary N) is 1. The highest BCUT2D eigenvalue weighted by Gasteiger charge is 2.19. The van der Waals surface area contributed by atoms with E-state index < -0.39 is 0 Å². The molecule has 3 aromatic rings. The molecule has 24 heavy (non-hydrogen) atoms. The maximum Gasteiger partial charge on any atom is 0.123 e. The summed E-state index contributed by atoms with van der Waals surface area (Å²) in [7, 11) is 0. The third kappa shape index (κ3) is 3.09. The monoisotopic (exact) mass is 322 g/mol. The highest BCUT2D eigenvalue weighted by molar-refractivity contribution is 5.85. The van der Waals surface area contributed by atoms with E-state index in [-0.39, 0.29) is 5.82 Å². The van der Waals surface area contributed by atoms with Gasteiger partial charge in [0.2, 0.25) is 0 Å². The lowest BCUT2D eigenvalue weighted by Crippen LogP contribution is -2.29. The Labute approximate surface area is 142 Å². The van der Waals surface area contributed by atoms with Crippen molar-refractivity contribution in [2.75, 3.05) is 13.1 Å². The molecule has 0 saturated carbocycles. The molecule has 0 radical (unpaired) electrons. The van der Waals surface area contributed by atoms with Gasteiger partial charge in [-0.05, 0) is 67.8 Å². The summed E-state index contributed by atoms with van der Waals surface area (Å²) in [5, 5.41) is 1.20. The molecule has 2 heterocycles. The topological polar surface area (TPSA) is 19.0 Å². The van der Waals surface area contributed by atoms with E-state index in [0.717, 1.165) is 29.6 Å². The van der Waals surface area contributed by atoms with Crippen molar-refractivity contribution in [1.29, 1.82) is 0 Å². The predicted molar refractivity (Wildman–Crippen MR) is 97.7 cm³/mol. The molecular weight excluding hydrogens is 299 g/mol.